The minimum absolute atomic E-state index is 0.111. The highest BCUT2D eigenvalue weighted by atomic mass is 16.6. The number of unbranched alkanes of at least 4 members (excludes halogenated alkanes) is 1. The monoisotopic (exact) mass is 312 g/mol. The average Bonchev–Trinajstić information content (AvgIpc) is 2.88. The van der Waals surface area contributed by atoms with Crippen LogP contribution in [0.3, 0.4) is 0 Å². The van der Waals surface area contributed by atoms with E-state index in [2.05, 4.69) is 11.5 Å². The summed E-state index contributed by atoms with van der Waals surface area (Å²) in [5.41, 5.74) is 2.10. The van der Waals surface area contributed by atoms with Crippen LogP contribution in [0.25, 0.3) is 21.8 Å². The zero-order valence-corrected chi connectivity index (χ0v) is 13.4. The summed E-state index contributed by atoms with van der Waals surface area (Å²) >= 11 is 0. The quantitative estimate of drug-likeness (QED) is 0.364. The highest BCUT2D eigenvalue weighted by Crippen LogP contribution is 2.34. The Morgan fingerprint density at radius 3 is 2.65 bits per heavy atom. The van der Waals surface area contributed by atoms with Crippen molar-refractivity contribution in [3.8, 4) is 0 Å². The van der Waals surface area contributed by atoms with Crippen LogP contribution in [0.4, 0.5) is 5.69 Å². The lowest BCUT2D eigenvalue weighted by atomic mass is 10.1. The number of rotatable bonds is 6. The second kappa shape index (κ2) is 6.38. The summed E-state index contributed by atoms with van der Waals surface area (Å²) in [6.07, 6.45) is 1.99. The second-order valence-electron chi connectivity index (χ2n) is 5.67. The lowest BCUT2D eigenvalue weighted by Crippen LogP contribution is -2.10. The molecule has 5 heteroatoms. The number of ether oxygens (including phenoxy) is 1. The van der Waals surface area contributed by atoms with E-state index in [0.29, 0.717) is 6.61 Å². The number of benzene rings is 2. The summed E-state index contributed by atoms with van der Waals surface area (Å²) in [4.78, 5) is 10.7. The van der Waals surface area contributed by atoms with Crippen LogP contribution in [-0.4, -0.2) is 16.1 Å². The van der Waals surface area contributed by atoms with Crippen LogP contribution in [0.15, 0.2) is 42.5 Å². The van der Waals surface area contributed by atoms with Crippen LogP contribution >= 0.6 is 0 Å². The number of para-hydroxylation sites is 1. The minimum Gasteiger partial charge on any atom is -0.358 e. The molecule has 0 fully saturated rings. The SMILES string of the molecule is CCCCO[C@@H](C)n1c2ccccc2c2cc([N+](=O)[O-])ccc21. The van der Waals surface area contributed by atoms with E-state index in [1.807, 2.05) is 37.3 Å². The summed E-state index contributed by atoms with van der Waals surface area (Å²) in [6.45, 7) is 4.86. The van der Waals surface area contributed by atoms with Gasteiger partial charge in [0.1, 0.15) is 6.23 Å². The molecule has 0 unspecified atom stereocenters. The molecule has 0 amide bonds. The molecule has 0 aliphatic heterocycles. The molecule has 0 radical (unpaired) electrons. The number of nitro benzene ring substituents is 1. The number of aromatic nitrogens is 1. The van der Waals surface area contributed by atoms with Gasteiger partial charge in [-0.05, 0) is 25.5 Å². The molecule has 2 aromatic carbocycles. The minimum atomic E-state index is -0.354. The van der Waals surface area contributed by atoms with Crippen LogP contribution in [-0.2, 0) is 4.74 Å². The molecule has 0 aliphatic rings. The smallest absolute Gasteiger partial charge is 0.270 e. The van der Waals surface area contributed by atoms with Gasteiger partial charge in [-0.3, -0.25) is 10.1 Å². The van der Waals surface area contributed by atoms with Crippen molar-refractivity contribution in [3.05, 3.63) is 52.6 Å². The van der Waals surface area contributed by atoms with Crippen LogP contribution in [0.2, 0.25) is 0 Å². The molecule has 0 bridgehead atoms. The highest BCUT2D eigenvalue weighted by molar-refractivity contribution is 6.08. The largest absolute Gasteiger partial charge is 0.358 e. The summed E-state index contributed by atoms with van der Waals surface area (Å²) in [7, 11) is 0. The van der Waals surface area contributed by atoms with Crippen LogP contribution in [0.1, 0.15) is 32.9 Å². The number of nitrogens with zero attached hydrogens (tertiary/aromatic N) is 2. The molecule has 1 heterocycles. The third-order valence-corrected chi connectivity index (χ3v) is 4.12. The topological polar surface area (TPSA) is 57.3 Å². The fraction of sp³-hybridized carbons (Fsp3) is 0.333. The van der Waals surface area contributed by atoms with Crippen molar-refractivity contribution in [2.75, 3.05) is 6.61 Å². The van der Waals surface area contributed by atoms with Gasteiger partial charge < -0.3 is 9.30 Å². The Morgan fingerprint density at radius 2 is 1.91 bits per heavy atom. The van der Waals surface area contributed by atoms with E-state index in [4.69, 9.17) is 4.74 Å². The maximum Gasteiger partial charge on any atom is 0.270 e. The van der Waals surface area contributed by atoms with Crippen LogP contribution in [0, 0.1) is 10.1 Å². The van der Waals surface area contributed by atoms with E-state index in [-0.39, 0.29) is 16.8 Å². The van der Waals surface area contributed by atoms with Gasteiger partial charge in [0, 0.05) is 29.5 Å². The predicted molar refractivity (Wildman–Crippen MR) is 91.7 cm³/mol. The molecular formula is C18H20N2O3. The summed E-state index contributed by atoms with van der Waals surface area (Å²) in [5, 5.41) is 13.0. The first-order valence-electron chi connectivity index (χ1n) is 7.92. The molecule has 0 N–H and O–H groups in total. The van der Waals surface area contributed by atoms with Gasteiger partial charge in [-0.2, -0.15) is 0 Å². The van der Waals surface area contributed by atoms with Gasteiger partial charge in [-0.15, -0.1) is 0 Å². The Kier molecular flexibility index (Phi) is 4.30. The van der Waals surface area contributed by atoms with E-state index in [1.165, 1.54) is 0 Å². The third-order valence-electron chi connectivity index (χ3n) is 4.12. The second-order valence-corrected chi connectivity index (χ2v) is 5.67. The van der Waals surface area contributed by atoms with Gasteiger partial charge in [0.15, 0.2) is 0 Å². The first-order chi connectivity index (χ1) is 11.1. The third kappa shape index (κ3) is 2.80. The van der Waals surface area contributed by atoms with Gasteiger partial charge in [-0.25, -0.2) is 0 Å². The summed E-state index contributed by atoms with van der Waals surface area (Å²) in [6, 6.07) is 13.0. The zero-order valence-electron chi connectivity index (χ0n) is 13.4. The molecule has 0 saturated heterocycles. The standard InChI is InChI=1S/C18H20N2O3/c1-3-4-11-23-13(2)19-17-8-6-5-7-15(17)16-12-14(20(21)22)9-10-18(16)19/h5-10,12-13H,3-4,11H2,1-2H3/t13-/m0/s1. The number of hydrogen-bond donors (Lipinski definition) is 0. The van der Waals surface area contributed by atoms with Crippen molar-refractivity contribution in [2.45, 2.75) is 32.9 Å². The first kappa shape index (κ1) is 15.5. The number of non-ortho nitro benzene ring substituents is 1. The molecule has 1 aromatic heterocycles. The summed E-state index contributed by atoms with van der Waals surface area (Å²) in [5.74, 6) is 0. The predicted octanol–water partition coefficient (Wildman–Crippen LogP) is 5.04. The molecule has 0 spiro atoms. The Hall–Kier alpha value is -2.40. The normalized spacial score (nSPS) is 12.8. The molecular weight excluding hydrogens is 292 g/mol. The number of fused-ring (bicyclic) bond motifs is 3. The van der Waals surface area contributed by atoms with Crippen molar-refractivity contribution in [1.29, 1.82) is 0 Å². The Morgan fingerprint density at radius 1 is 1.17 bits per heavy atom. The van der Waals surface area contributed by atoms with Crippen molar-refractivity contribution in [1.82, 2.24) is 4.57 Å². The zero-order chi connectivity index (χ0) is 16.4. The fourth-order valence-corrected chi connectivity index (χ4v) is 2.97. The Labute approximate surface area is 134 Å². The van der Waals surface area contributed by atoms with E-state index in [0.717, 1.165) is 34.6 Å². The average molecular weight is 312 g/mol. The highest BCUT2D eigenvalue weighted by Gasteiger charge is 2.17. The maximum atomic E-state index is 11.1. The lowest BCUT2D eigenvalue weighted by Gasteiger charge is -2.17. The van der Waals surface area contributed by atoms with E-state index >= 15 is 0 Å². The number of nitro groups is 1. The number of hydrogen-bond acceptors (Lipinski definition) is 3. The Balaban J connectivity index is 2.16. The van der Waals surface area contributed by atoms with E-state index in [9.17, 15) is 10.1 Å². The molecule has 1 atom stereocenters. The molecule has 0 saturated carbocycles. The van der Waals surface area contributed by atoms with Crippen LogP contribution in [0.5, 0.6) is 0 Å². The van der Waals surface area contributed by atoms with Crippen molar-refractivity contribution in [3.63, 3.8) is 0 Å². The van der Waals surface area contributed by atoms with E-state index < -0.39 is 0 Å². The Bertz CT molecular complexity index is 854. The van der Waals surface area contributed by atoms with Gasteiger partial charge >= 0.3 is 0 Å². The van der Waals surface area contributed by atoms with E-state index in [1.54, 1.807) is 12.1 Å². The van der Waals surface area contributed by atoms with Crippen molar-refractivity contribution < 1.29 is 9.66 Å². The molecule has 0 aliphatic carbocycles. The molecule has 3 rings (SSSR count). The van der Waals surface area contributed by atoms with Crippen LogP contribution < -0.4 is 0 Å². The van der Waals surface area contributed by atoms with Crippen molar-refractivity contribution in [2.24, 2.45) is 0 Å². The van der Waals surface area contributed by atoms with Crippen molar-refractivity contribution >= 4 is 27.5 Å². The lowest BCUT2D eigenvalue weighted by molar-refractivity contribution is -0.384. The fourth-order valence-electron chi connectivity index (χ4n) is 2.97. The molecule has 5 nitrogen and oxygen atoms in total. The van der Waals surface area contributed by atoms with Gasteiger partial charge in [0.05, 0.1) is 16.0 Å². The molecule has 120 valence electrons. The van der Waals surface area contributed by atoms with Gasteiger partial charge in [0.2, 0.25) is 0 Å². The molecule has 23 heavy (non-hydrogen) atoms. The first-order valence-corrected chi connectivity index (χ1v) is 7.92. The van der Waals surface area contributed by atoms with Gasteiger partial charge in [0.25, 0.3) is 5.69 Å². The van der Waals surface area contributed by atoms with Gasteiger partial charge in [-0.1, -0.05) is 31.5 Å². The summed E-state index contributed by atoms with van der Waals surface area (Å²) < 4.78 is 8.06. The maximum absolute atomic E-state index is 11.1. The molecule has 3 aromatic rings.